The Morgan fingerprint density at radius 1 is 0.960 bits per heavy atom. The number of rotatable bonds is 2. The zero-order valence-electron chi connectivity index (χ0n) is 14.1. The molecule has 3 aromatic carbocycles. The van der Waals surface area contributed by atoms with Crippen LogP contribution in [0.25, 0.3) is 0 Å². The van der Waals surface area contributed by atoms with Crippen molar-refractivity contribution >= 4 is 5.69 Å². The highest BCUT2D eigenvalue weighted by molar-refractivity contribution is 5.50. The van der Waals surface area contributed by atoms with Gasteiger partial charge in [-0.3, -0.25) is 0 Å². The van der Waals surface area contributed by atoms with Crippen molar-refractivity contribution in [3.05, 3.63) is 94.8 Å². The van der Waals surface area contributed by atoms with E-state index in [4.69, 9.17) is 10.5 Å². The summed E-state index contributed by atoms with van der Waals surface area (Å²) in [6, 6.07) is 21.5. The van der Waals surface area contributed by atoms with Crippen LogP contribution in [0.5, 0.6) is 5.75 Å². The van der Waals surface area contributed by atoms with Gasteiger partial charge in [-0.2, -0.15) is 0 Å². The van der Waals surface area contributed by atoms with Gasteiger partial charge in [-0.15, -0.1) is 0 Å². The van der Waals surface area contributed by atoms with Gasteiger partial charge < -0.3 is 10.5 Å². The lowest BCUT2D eigenvalue weighted by atomic mass is 9.75. The van der Waals surface area contributed by atoms with Gasteiger partial charge in [0.2, 0.25) is 0 Å². The maximum Gasteiger partial charge on any atom is 0.126 e. The maximum atomic E-state index is 13.7. The minimum atomic E-state index is -0.176. The lowest BCUT2D eigenvalue weighted by molar-refractivity contribution is 0.249. The van der Waals surface area contributed by atoms with Crippen molar-refractivity contribution in [2.75, 3.05) is 12.3 Å². The van der Waals surface area contributed by atoms with Gasteiger partial charge in [0.25, 0.3) is 0 Å². The molecule has 0 aromatic heterocycles. The van der Waals surface area contributed by atoms with Crippen molar-refractivity contribution in [1.82, 2.24) is 0 Å². The first-order chi connectivity index (χ1) is 12.1. The van der Waals surface area contributed by atoms with E-state index in [2.05, 4.69) is 18.2 Å². The van der Waals surface area contributed by atoms with Crippen LogP contribution in [-0.4, -0.2) is 6.61 Å². The molecule has 1 aliphatic rings. The van der Waals surface area contributed by atoms with E-state index in [1.54, 1.807) is 13.0 Å². The van der Waals surface area contributed by atoms with Crippen LogP contribution in [-0.2, 0) is 0 Å². The number of hydrogen-bond donors (Lipinski definition) is 1. The third kappa shape index (κ3) is 2.86. The topological polar surface area (TPSA) is 35.2 Å². The van der Waals surface area contributed by atoms with Crippen molar-refractivity contribution in [2.45, 2.75) is 18.8 Å². The van der Waals surface area contributed by atoms with E-state index in [1.807, 2.05) is 42.5 Å². The third-order valence-electron chi connectivity index (χ3n) is 4.98. The van der Waals surface area contributed by atoms with Crippen LogP contribution >= 0.6 is 0 Å². The number of halogens is 1. The van der Waals surface area contributed by atoms with Crippen LogP contribution in [0.15, 0.2) is 66.7 Å². The first kappa shape index (κ1) is 15.7. The Hall–Kier alpha value is -2.81. The molecule has 2 nitrogen and oxygen atoms in total. The van der Waals surface area contributed by atoms with Crippen LogP contribution in [0.1, 0.15) is 34.1 Å². The van der Waals surface area contributed by atoms with Gasteiger partial charge in [0.05, 0.1) is 6.61 Å². The number of benzene rings is 3. The van der Waals surface area contributed by atoms with Crippen LogP contribution < -0.4 is 10.5 Å². The van der Waals surface area contributed by atoms with Gasteiger partial charge in [-0.05, 0) is 47.9 Å². The van der Waals surface area contributed by atoms with Crippen LogP contribution in [0, 0.1) is 12.7 Å². The second-order valence-corrected chi connectivity index (χ2v) is 6.61. The molecule has 2 atom stereocenters. The highest BCUT2D eigenvalue weighted by Gasteiger charge is 2.33. The largest absolute Gasteiger partial charge is 0.493 e. The van der Waals surface area contributed by atoms with E-state index in [-0.39, 0.29) is 17.7 Å². The summed E-state index contributed by atoms with van der Waals surface area (Å²) in [6.07, 6.45) is 0. The molecule has 0 saturated carbocycles. The van der Waals surface area contributed by atoms with Gasteiger partial charge in [0.15, 0.2) is 0 Å². The number of para-hydroxylation sites is 1. The summed E-state index contributed by atoms with van der Waals surface area (Å²) in [5, 5.41) is 0. The zero-order valence-corrected chi connectivity index (χ0v) is 14.1. The Morgan fingerprint density at radius 2 is 1.68 bits per heavy atom. The van der Waals surface area contributed by atoms with E-state index in [0.29, 0.717) is 12.2 Å². The number of nitrogens with two attached hydrogens (primary N) is 1. The number of aryl methyl sites for hydroxylation is 1. The quantitative estimate of drug-likeness (QED) is 0.668. The molecule has 0 spiro atoms. The normalized spacial score (nSPS) is 19.1. The number of fused-ring (bicyclic) bond motifs is 1. The van der Waals surface area contributed by atoms with Crippen LogP contribution in [0.3, 0.4) is 0 Å². The summed E-state index contributed by atoms with van der Waals surface area (Å²) in [6.45, 7) is 2.37. The molecule has 25 heavy (non-hydrogen) atoms. The fourth-order valence-electron chi connectivity index (χ4n) is 3.66. The Labute approximate surface area is 147 Å². The van der Waals surface area contributed by atoms with Gasteiger partial charge in [-0.1, -0.05) is 42.5 Å². The standard InChI is InChI=1S/C22H20FNO/c1-14-12-16(8-11-20(14)23)19-13-25-21-5-3-2-4-18(21)22(19)15-6-9-17(24)10-7-15/h2-12,19,22H,13,24H2,1H3. The molecule has 1 aliphatic heterocycles. The van der Waals surface area contributed by atoms with Crippen LogP contribution in [0.4, 0.5) is 10.1 Å². The zero-order chi connectivity index (χ0) is 17.4. The lowest BCUT2D eigenvalue weighted by Gasteiger charge is -2.34. The average Bonchev–Trinajstić information content (AvgIpc) is 2.64. The van der Waals surface area contributed by atoms with Gasteiger partial charge in [-0.25, -0.2) is 4.39 Å². The number of hydrogen-bond acceptors (Lipinski definition) is 2. The first-order valence-electron chi connectivity index (χ1n) is 8.46. The molecule has 0 bridgehead atoms. The predicted molar refractivity (Wildman–Crippen MR) is 98.5 cm³/mol. The fraction of sp³-hybridized carbons (Fsp3) is 0.182. The van der Waals surface area contributed by atoms with Crippen molar-refractivity contribution in [3.63, 3.8) is 0 Å². The molecule has 3 heteroatoms. The molecule has 4 rings (SSSR count). The summed E-state index contributed by atoms with van der Waals surface area (Å²) in [5.41, 5.74) is 10.7. The lowest BCUT2D eigenvalue weighted by Crippen LogP contribution is -2.25. The predicted octanol–water partition coefficient (Wildman–Crippen LogP) is 5.02. The molecular weight excluding hydrogens is 313 g/mol. The minimum Gasteiger partial charge on any atom is -0.493 e. The Bertz CT molecular complexity index is 904. The molecule has 0 fully saturated rings. The molecule has 2 N–H and O–H groups in total. The molecule has 2 unspecified atom stereocenters. The summed E-state index contributed by atoms with van der Waals surface area (Å²) >= 11 is 0. The molecule has 0 aliphatic carbocycles. The van der Waals surface area contributed by atoms with E-state index >= 15 is 0 Å². The molecule has 1 heterocycles. The van der Waals surface area contributed by atoms with Crippen molar-refractivity contribution in [1.29, 1.82) is 0 Å². The summed E-state index contributed by atoms with van der Waals surface area (Å²) < 4.78 is 19.7. The summed E-state index contributed by atoms with van der Waals surface area (Å²) in [4.78, 5) is 0. The van der Waals surface area contributed by atoms with Gasteiger partial charge in [0, 0.05) is 23.1 Å². The van der Waals surface area contributed by atoms with Crippen molar-refractivity contribution in [2.24, 2.45) is 0 Å². The molecule has 0 saturated heterocycles. The molecule has 126 valence electrons. The molecule has 3 aromatic rings. The number of ether oxygens (including phenoxy) is 1. The molecular formula is C22H20FNO. The van der Waals surface area contributed by atoms with Crippen molar-refractivity contribution in [3.8, 4) is 5.75 Å². The second-order valence-electron chi connectivity index (χ2n) is 6.61. The van der Waals surface area contributed by atoms with E-state index in [1.165, 1.54) is 5.56 Å². The minimum absolute atomic E-state index is 0.123. The van der Waals surface area contributed by atoms with E-state index < -0.39 is 0 Å². The smallest absolute Gasteiger partial charge is 0.126 e. The molecule has 0 amide bonds. The Balaban J connectivity index is 1.85. The fourth-order valence-corrected chi connectivity index (χ4v) is 3.66. The highest BCUT2D eigenvalue weighted by Crippen LogP contribution is 2.46. The SMILES string of the molecule is Cc1cc(C2COc3ccccc3C2c2ccc(N)cc2)ccc1F. The Morgan fingerprint density at radius 3 is 2.44 bits per heavy atom. The van der Waals surface area contributed by atoms with E-state index in [9.17, 15) is 4.39 Å². The van der Waals surface area contributed by atoms with Gasteiger partial charge >= 0.3 is 0 Å². The summed E-state index contributed by atoms with van der Waals surface area (Å²) in [7, 11) is 0. The summed E-state index contributed by atoms with van der Waals surface area (Å²) in [5.74, 6) is 1.01. The number of anilines is 1. The van der Waals surface area contributed by atoms with Crippen LogP contribution in [0.2, 0.25) is 0 Å². The van der Waals surface area contributed by atoms with Crippen molar-refractivity contribution < 1.29 is 9.13 Å². The van der Waals surface area contributed by atoms with Gasteiger partial charge in [0.1, 0.15) is 11.6 Å². The third-order valence-corrected chi connectivity index (χ3v) is 4.98. The highest BCUT2D eigenvalue weighted by atomic mass is 19.1. The maximum absolute atomic E-state index is 13.7. The Kier molecular flexibility index (Phi) is 3.92. The number of nitrogen functional groups attached to an aromatic ring is 1. The molecule has 0 radical (unpaired) electrons. The van der Waals surface area contributed by atoms with E-state index in [0.717, 1.165) is 22.6 Å². The second kappa shape index (κ2) is 6.25. The monoisotopic (exact) mass is 333 g/mol. The first-order valence-corrected chi connectivity index (χ1v) is 8.46. The average molecular weight is 333 g/mol.